The Balaban J connectivity index is 1.81. The van der Waals surface area contributed by atoms with Gasteiger partial charge < -0.3 is 10.1 Å². The minimum Gasteiger partial charge on any atom is -0.381 e. The standard InChI is InChI=1S/C20H22BrNO4S/c1-27(24,25)18-7-2-4-15(12-18)19(23)22-14-20(8-10-26-11-9-20)16-5-3-6-17(21)13-16/h2-7,12-13H,8-11,14H2,1H3,(H,22,23). The number of carbonyl (C=O) groups excluding carboxylic acids is 1. The van der Waals surface area contributed by atoms with Crippen molar-refractivity contribution in [2.24, 2.45) is 0 Å². The van der Waals surface area contributed by atoms with Gasteiger partial charge in [0.25, 0.3) is 5.91 Å². The van der Waals surface area contributed by atoms with Crippen molar-refractivity contribution >= 4 is 31.7 Å². The van der Waals surface area contributed by atoms with Crippen LogP contribution in [0.3, 0.4) is 0 Å². The van der Waals surface area contributed by atoms with Gasteiger partial charge in [0.15, 0.2) is 9.84 Å². The number of rotatable bonds is 5. The lowest BCUT2D eigenvalue weighted by Gasteiger charge is -2.38. The van der Waals surface area contributed by atoms with E-state index in [0.717, 1.165) is 29.1 Å². The number of amides is 1. The van der Waals surface area contributed by atoms with Crippen molar-refractivity contribution in [1.82, 2.24) is 5.32 Å². The molecule has 3 rings (SSSR count). The van der Waals surface area contributed by atoms with Gasteiger partial charge in [-0.3, -0.25) is 4.79 Å². The molecule has 0 spiro atoms. The maximum Gasteiger partial charge on any atom is 0.251 e. The molecule has 1 fully saturated rings. The molecule has 5 nitrogen and oxygen atoms in total. The Morgan fingerprint density at radius 2 is 1.85 bits per heavy atom. The molecule has 1 saturated heterocycles. The summed E-state index contributed by atoms with van der Waals surface area (Å²) in [5.74, 6) is -0.277. The topological polar surface area (TPSA) is 72.5 Å². The van der Waals surface area contributed by atoms with Crippen molar-refractivity contribution in [3.05, 3.63) is 64.1 Å². The molecule has 0 radical (unpaired) electrons. The summed E-state index contributed by atoms with van der Waals surface area (Å²) in [6.45, 7) is 1.76. The second-order valence-electron chi connectivity index (χ2n) is 6.89. The van der Waals surface area contributed by atoms with Crippen LogP contribution >= 0.6 is 15.9 Å². The van der Waals surface area contributed by atoms with Crippen molar-refractivity contribution in [1.29, 1.82) is 0 Å². The minimum atomic E-state index is -3.36. The van der Waals surface area contributed by atoms with Gasteiger partial charge in [-0.05, 0) is 48.7 Å². The Bertz CT molecular complexity index is 937. The monoisotopic (exact) mass is 451 g/mol. The Morgan fingerprint density at radius 3 is 2.52 bits per heavy atom. The molecule has 0 saturated carbocycles. The zero-order chi connectivity index (χ0) is 19.5. The fourth-order valence-corrected chi connectivity index (χ4v) is 4.43. The van der Waals surface area contributed by atoms with Crippen LogP contribution in [0.1, 0.15) is 28.8 Å². The van der Waals surface area contributed by atoms with Gasteiger partial charge >= 0.3 is 0 Å². The van der Waals surface area contributed by atoms with Crippen LogP contribution in [-0.2, 0) is 20.0 Å². The zero-order valence-electron chi connectivity index (χ0n) is 15.1. The molecule has 0 bridgehead atoms. The summed E-state index contributed by atoms with van der Waals surface area (Å²) in [6, 6.07) is 14.3. The molecule has 2 aromatic carbocycles. The van der Waals surface area contributed by atoms with E-state index in [-0.39, 0.29) is 16.2 Å². The van der Waals surface area contributed by atoms with E-state index in [1.165, 1.54) is 12.1 Å². The smallest absolute Gasteiger partial charge is 0.251 e. The number of carbonyl (C=O) groups is 1. The highest BCUT2D eigenvalue weighted by Crippen LogP contribution is 2.35. The predicted octanol–water partition coefficient (Wildman–Crippen LogP) is 3.33. The van der Waals surface area contributed by atoms with Gasteiger partial charge in [-0.15, -0.1) is 0 Å². The van der Waals surface area contributed by atoms with Gasteiger partial charge in [-0.1, -0.05) is 34.1 Å². The normalized spacial score (nSPS) is 16.7. The van der Waals surface area contributed by atoms with Crippen molar-refractivity contribution in [2.45, 2.75) is 23.2 Å². The van der Waals surface area contributed by atoms with E-state index in [1.54, 1.807) is 12.1 Å². The minimum absolute atomic E-state index is 0.142. The summed E-state index contributed by atoms with van der Waals surface area (Å²) >= 11 is 3.52. The molecule has 1 aliphatic heterocycles. The highest BCUT2D eigenvalue weighted by atomic mass is 79.9. The van der Waals surface area contributed by atoms with Crippen molar-refractivity contribution in [3.63, 3.8) is 0 Å². The molecule has 1 heterocycles. The maximum absolute atomic E-state index is 12.7. The van der Waals surface area contributed by atoms with Crippen molar-refractivity contribution < 1.29 is 17.9 Å². The molecule has 7 heteroatoms. The number of halogens is 1. The molecule has 0 unspecified atom stereocenters. The van der Waals surface area contributed by atoms with E-state index in [4.69, 9.17) is 4.74 Å². The third kappa shape index (κ3) is 4.78. The summed E-state index contributed by atoms with van der Waals surface area (Å²) in [7, 11) is -3.36. The van der Waals surface area contributed by atoms with Crippen LogP contribution in [0.5, 0.6) is 0 Å². The highest BCUT2D eigenvalue weighted by molar-refractivity contribution is 9.10. The SMILES string of the molecule is CS(=O)(=O)c1cccc(C(=O)NCC2(c3cccc(Br)c3)CCOCC2)c1. The van der Waals surface area contributed by atoms with Crippen molar-refractivity contribution in [2.75, 3.05) is 26.0 Å². The number of sulfone groups is 1. The van der Waals surface area contributed by atoms with Gasteiger partial charge in [-0.2, -0.15) is 0 Å². The van der Waals surface area contributed by atoms with Crippen LogP contribution in [0, 0.1) is 0 Å². The lowest BCUT2D eigenvalue weighted by atomic mass is 9.74. The van der Waals surface area contributed by atoms with Crippen LogP contribution in [0.15, 0.2) is 57.9 Å². The first-order chi connectivity index (χ1) is 12.8. The van der Waals surface area contributed by atoms with Gasteiger partial charge in [0.1, 0.15) is 0 Å². The first-order valence-electron chi connectivity index (χ1n) is 8.72. The summed E-state index contributed by atoms with van der Waals surface area (Å²) in [6.07, 6.45) is 2.76. The average molecular weight is 452 g/mol. The van der Waals surface area contributed by atoms with Crippen LogP contribution < -0.4 is 5.32 Å². The van der Waals surface area contributed by atoms with Crippen LogP contribution in [-0.4, -0.2) is 40.3 Å². The van der Waals surface area contributed by atoms with Crippen LogP contribution in [0.2, 0.25) is 0 Å². The Kier molecular flexibility index (Phi) is 6.03. The zero-order valence-corrected chi connectivity index (χ0v) is 17.5. The second-order valence-corrected chi connectivity index (χ2v) is 9.82. The molecule has 2 aromatic rings. The molecule has 0 atom stereocenters. The number of benzene rings is 2. The largest absolute Gasteiger partial charge is 0.381 e. The average Bonchev–Trinajstić information content (AvgIpc) is 2.66. The van der Waals surface area contributed by atoms with E-state index in [0.29, 0.717) is 25.3 Å². The Morgan fingerprint density at radius 1 is 1.15 bits per heavy atom. The molecule has 0 aliphatic carbocycles. The van der Waals surface area contributed by atoms with Gasteiger partial charge in [-0.25, -0.2) is 8.42 Å². The summed E-state index contributed by atoms with van der Waals surface area (Å²) in [5, 5.41) is 3.00. The molecule has 27 heavy (non-hydrogen) atoms. The number of nitrogens with one attached hydrogen (secondary N) is 1. The predicted molar refractivity (Wildman–Crippen MR) is 108 cm³/mol. The second kappa shape index (κ2) is 8.12. The Labute approximate surface area is 168 Å². The van der Waals surface area contributed by atoms with Crippen molar-refractivity contribution in [3.8, 4) is 0 Å². The van der Waals surface area contributed by atoms with Gasteiger partial charge in [0.2, 0.25) is 0 Å². The van der Waals surface area contributed by atoms with Gasteiger partial charge in [0.05, 0.1) is 4.90 Å². The lowest BCUT2D eigenvalue weighted by molar-refractivity contribution is 0.0487. The molecule has 1 amide bonds. The highest BCUT2D eigenvalue weighted by Gasteiger charge is 2.35. The molecule has 1 N–H and O–H groups in total. The first kappa shape index (κ1) is 20.0. The Hall–Kier alpha value is -1.70. The van der Waals surface area contributed by atoms with Crippen LogP contribution in [0.4, 0.5) is 0 Å². The molecule has 1 aliphatic rings. The third-order valence-electron chi connectivity index (χ3n) is 5.00. The van der Waals surface area contributed by atoms with E-state index in [2.05, 4.69) is 33.4 Å². The number of ether oxygens (including phenoxy) is 1. The van der Waals surface area contributed by atoms with E-state index < -0.39 is 9.84 Å². The molecule has 0 aromatic heterocycles. The van der Waals surface area contributed by atoms with Crippen LogP contribution in [0.25, 0.3) is 0 Å². The summed E-state index contributed by atoms with van der Waals surface area (Å²) < 4.78 is 30.0. The number of hydrogen-bond acceptors (Lipinski definition) is 4. The fourth-order valence-electron chi connectivity index (χ4n) is 3.37. The van der Waals surface area contributed by atoms with E-state index >= 15 is 0 Å². The van der Waals surface area contributed by atoms with E-state index in [1.807, 2.05) is 12.1 Å². The van der Waals surface area contributed by atoms with E-state index in [9.17, 15) is 13.2 Å². The molecular weight excluding hydrogens is 430 g/mol. The molecule has 144 valence electrons. The lowest BCUT2D eigenvalue weighted by Crippen LogP contribution is -2.44. The summed E-state index contributed by atoms with van der Waals surface area (Å²) in [4.78, 5) is 12.8. The quantitative estimate of drug-likeness (QED) is 0.756. The summed E-state index contributed by atoms with van der Waals surface area (Å²) in [5.41, 5.74) is 1.30. The van der Waals surface area contributed by atoms with Gasteiger partial charge in [0, 0.05) is 41.5 Å². The number of hydrogen-bond donors (Lipinski definition) is 1. The third-order valence-corrected chi connectivity index (χ3v) is 6.60. The first-order valence-corrected chi connectivity index (χ1v) is 11.4. The maximum atomic E-state index is 12.7. The molecular formula is C20H22BrNO4S. The fraction of sp³-hybridized carbons (Fsp3) is 0.350.